The number of carbonyl (C=O) groups is 1. The largest absolute Gasteiger partial charge is 0.351 e. The Morgan fingerprint density at radius 2 is 2.29 bits per heavy atom. The third-order valence-electron chi connectivity index (χ3n) is 2.58. The molecule has 1 saturated heterocycles. The highest BCUT2D eigenvalue weighted by atomic mass is 16.1. The van der Waals surface area contributed by atoms with Gasteiger partial charge in [0.25, 0.3) is 0 Å². The van der Waals surface area contributed by atoms with Crippen molar-refractivity contribution in [3.8, 4) is 0 Å². The fourth-order valence-electron chi connectivity index (χ4n) is 1.89. The molecular formula is C10H21N3O. The molecule has 0 aromatic rings. The average molecular weight is 199 g/mol. The van der Waals surface area contributed by atoms with E-state index in [-0.39, 0.29) is 5.91 Å². The Morgan fingerprint density at radius 3 is 3.00 bits per heavy atom. The molecule has 1 aliphatic rings. The number of nitrogens with zero attached hydrogens (tertiary/aromatic N) is 1. The van der Waals surface area contributed by atoms with Crippen LogP contribution in [0.2, 0.25) is 0 Å². The second-order valence-electron chi connectivity index (χ2n) is 4.05. The van der Waals surface area contributed by atoms with Gasteiger partial charge < -0.3 is 15.5 Å². The van der Waals surface area contributed by atoms with Gasteiger partial charge in [-0.25, -0.2) is 0 Å². The van der Waals surface area contributed by atoms with Gasteiger partial charge in [0, 0.05) is 12.6 Å². The molecule has 14 heavy (non-hydrogen) atoms. The van der Waals surface area contributed by atoms with Crippen LogP contribution in [0.3, 0.4) is 0 Å². The number of rotatable bonds is 3. The lowest BCUT2D eigenvalue weighted by Crippen LogP contribution is -2.44. The first kappa shape index (κ1) is 11.5. The molecule has 0 aromatic heterocycles. The molecule has 4 nitrogen and oxygen atoms in total. The zero-order valence-electron chi connectivity index (χ0n) is 9.18. The Morgan fingerprint density at radius 1 is 1.50 bits per heavy atom. The molecule has 2 N–H and O–H groups in total. The van der Waals surface area contributed by atoms with Gasteiger partial charge in [0.05, 0.1) is 6.54 Å². The van der Waals surface area contributed by atoms with Gasteiger partial charge >= 0.3 is 0 Å². The highest BCUT2D eigenvalue weighted by Gasteiger charge is 2.16. The molecule has 1 fully saturated rings. The summed E-state index contributed by atoms with van der Waals surface area (Å²) in [4.78, 5) is 13.6. The summed E-state index contributed by atoms with van der Waals surface area (Å²) in [6.45, 7) is 2.55. The highest BCUT2D eigenvalue weighted by Crippen LogP contribution is 2.08. The van der Waals surface area contributed by atoms with E-state index in [4.69, 9.17) is 0 Å². The number of likely N-dealkylation sites (tertiary alicyclic amines) is 1. The van der Waals surface area contributed by atoms with E-state index in [1.54, 1.807) is 7.05 Å². The summed E-state index contributed by atoms with van der Waals surface area (Å²) in [6, 6.07) is 0.336. The minimum atomic E-state index is 0.104. The molecular weight excluding hydrogens is 178 g/mol. The van der Waals surface area contributed by atoms with Crippen LogP contribution in [-0.2, 0) is 4.79 Å². The topological polar surface area (TPSA) is 44.4 Å². The SMILES string of the molecule is CNCC(=O)NC1CCCCN(C)C1. The molecule has 1 aliphatic heterocycles. The van der Waals surface area contributed by atoms with Crippen LogP contribution in [0.4, 0.5) is 0 Å². The molecule has 1 heterocycles. The van der Waals surface area contributed by atoms with Gasteiger partial charge in [-0.2, -0.15) is 0 Å². The normalized spacial score (nSPS) is 24.3. The number of amides is 1. The highest BCUT2D eigenvalue weighted by molar-refractivity contribution is 5.78. The van der Waals surface area contributed by atoms with Crippen molar-refractivity contribution in [3.63, 3.8) is 0 Å². The smallest absolute Gasteiger partial charge is 0.234 e. The third kappa shape index (κ3) is 4.07. The van der Waals surface area contributed by atoms with Crippen molar-refractivity contribution in [1.82, 2.24) is 15.5 Å². The minimum Gasteiger partial charge on any atom is -0.351 e. The molecule has 1 rings (SSSR count). The maximum atomic E-state index is 11.3. The molecule has 0 bridgehead atoms. The van der Waals surface area contributed by atoms with Crippen LogP contribution in [0, 0.1) is 0 Å². The molecule has 4 heteroatoms. The number of hydrogen-bond donors (Lipinski definition) is 2. The van der Waals surface area contributed by atoms with Gasteiger partial charge in [0.15, 0.2) is 0 Å². The van der Waals surface area contributed by atoms with E-state index in [0.717, 1.165) is 19.5 Å². The Balaban J connectivity index is 2.31. The predicted octanol–water partition coefficient (Wildman–Crippen LogP) is -0.194. The van der Waals surface area contributed by atoms with Crippen LogP contribution < -0.4 is 10.6 Å². The Kier molecular flexibility index (Phi) is 4.90. The summed E-state index contributed by atoms with van der Waals surface area (Å²) in [5, 5.41) is 5.91. The average Bonchev–Trinajstić information content (AvgIpc) is 2.30. The first-order valence-corrected chi connectivity index (χ1v) is 5.35. The Hall–Kier alpha value is -0.610. The number of nitrogens with one attached hydrogen (secondary N) is 2. The summed E-state index contributed by atoms with van der Waals surface area (Å²) in [5.41, 5.74) is 0. The van der Waals surface area contributed by atoms with Crippen LogP contribution in [0.5, 0.6) is 0 Å². The minimum absolute atomic E-state index is 0.104. The number of hydrogen-bond acceptors (Lipinski definition) is 3. The van der Waals surface area contributed by atoms with Gasteiger partial charge in [-0.1, -0.05) is 6.42 Å². The first-order chi connectivity index (χ1) is 6.72. The van der Waals surface area contributed by atoms with Crippen molar-refractivity contribution in [1.29, 1.82) is 0 Å². The summed E-state index contributed by atoms with van der Waals surface area (Å²) < 4.78 is 0. The monoisotopic (exact) mass is 199 g/mol. The van der Waals surface area contributed by atoms with Crippen LogP contribution in [-0.4, -0.2) is 50.6 Å². The molecule has 0 radical (unpaired) electrons. The maximum Gasteiger partial charge on any atom is 0.234 e. The molecule has 0 aromatic carbocycles. The van der Waals surface area contributed by atoms with E-state index in [1.165, 1.54) is 12.8 Å². The van der Waals surface area contributed by atoms with Crippen LogP contribution in [0.1, 0.15) is 19.3 Å². The van der Waals surface area contributed by atoms with Crippen molar-refractivity contribution >= 4 is 5.91 Å². The van der Waals surface area contributed by atoms with Crippen molar-refractivity contribution in [3.05, 3.63) is 0 Å². The lowest BCUT2D eigenvalue weighted by molar-refractivity contribution is -0.120. The summed E-state index contributed by atoms with van der Waals surface area (Å²) in [5.74, 6) is 0.104. The third-order valence-corrected chi connectivity index (χ3v) is 2.58. The van der Waals surface area contributed by atoms with Crippen LogP contribution >= 0.6 is 0 Å². The van der Waals surface area contributed by atoms with Crippen molar-refractivity contribution in [2.75, 3.05) is 33.7 Å². The van der Waals surface area contributed by atoms with Gasteiger partial charge in [-0.3, -0.25) is 4.79 Å². The second-order valence-corrected chi connectivity index (χ2v) is 4.05. The lowest BCUT2D eigenvalue weighted by Gasteiger charge is -2.20. The van der Waals surface area contributed by atoms with E-state index in [1.807, 2.05) is 0 Å². The molecule has 0 saturated carbocycles. The number of carbonyl (C=O) groups excluding carboxylic acids is 1. The molecule has 0 spiro atoms. The molecule has 82 valence electrons. The number of likely N-dealkylation sites (N-methyl/N-ethyl adjacent to an activating group) is 2. The molecule has 1 amide bonds. The van der Waals surface area contributed by atoms with Crippen molar-refractivity contribution < 1.29 is 4.79 Å². The van der Waals surface area contributed by atoms with Gasteiger partial charge in [0.1, 0.15) is 0 Å². The first-order valence-electron chi connectivity index (χ1n) is 5.35. The molecule has 1 unspecified atom stereocenters. The van der Waals surface area contributed by atoms with E-state index >= 15 is 0 Å². The van der Waals surface area contributed by atoms with E-state index in [0.29, 0.717) is 12.6 Å². The molecule has 1 atom stereocenters. The predicted molar refractivity (Wildman–Crippen MR) is 57.2 cm³/mol. The standard InChI is InChI=1S/C10H21N3O/c1-11-7-10(14)12-9-5-3-4-6-13(2)8-9/h9,11H,3-8H2,1-2H3,(H,12,14). The fraction of sp³-hybridized carbons (Fsp3) is 0.900. The van der Waals surface area contributed by atoms with Crippen molar-refractivity contribution in [2.45, 2.75) is 25.3 Å². The van der Waals surface area contributed by atoms with Gasteiger partial charge in [-0.05, 0) is 33.5 Å². The zero-order chi connectivity index (χ0) is 10.4. The Bertz CT molecular complexity index is 184. The maximum absolute atomic E-state index is 11.3. The second kappa shape index (κ2) is 5.98. The molecule has 0 aliphatic carbocycles. The van der Waals surface area contributed by atoms with Crippen LogP contribution in [0.15, 0.2) is 0 Å². The fourth-order valence-corrected chi connectivity index (χ4v) is 1.89. The summed E-state index contributed by atoms with van der Waals surface area (Å²) >= 11 is 0. The lowest BCUT2D eigenvalue weighted by atomic mass is 10.1. The van der Waals surface area contributed by atoms with E-state index < -0.39 is 0 Å². The van der Waals surface area contributed by atoms with Crippen molar-refractivity contribution in [2.24, 2.45) is 0 Å². The zero-order valence-corrected chi connectivity index (χ0v) is 9.18. The summed E-state index contributed by atoms with van der Waals surface area (Å²) in [6.07, 6.45) is 3.57. The van der Waals surface area contributed by atoms with E-state index in [9.17, 15) is 4.79 Å². The quantitative estimate of drug-likeness (QED) is 0.662. The summed E-state index contributed by atoms with van der Waals surface area (Å²) in [7, 11) is 3.90. The Labute approximate surface area is 86.0 Å². The van der Waals surface area contributed by atoms with Gasteiger partial charge in [0.2, 0.25) is 5.91 Å². The van der Waals surface area contributed by atoms with Gasteiger partial charge in [-0.15, -0.1) is 0 Å². The van der Waals surface area contributed by atoms with Crippen LogP contribution in [0.25, 0.3) is 0 Å². The van der Waals surface area contributed by atoms with E-state index in [2.05, 4.69) is 22.6 Å².